The second-order valence-electron chi connectivity index (χ2n) is 5.78. The smallest absolute Gasteiger partial charge is 0.000166 e. The van der Waals surface area contributed by atoms with Crippen molar-refractivity contribution in [2.45, 2.75) is 12.8 Å². The lowest BCUT2D eigenvalue weighted by Crippen LogP contribution is -2.22. The van der Waals surface area contributed by atoms with Gasteiger partial charge >= 0.3 is 0 Å². The molecule has 1 aromatic carbocycles. The van der Waals surface area contributed by atoms with Crippen molar-refractivity contribution < 1.29 is 0 Å². The number of hydrogen-bond donors (Lipinski definition) is 0. The predicted molar refractivity (Wildman–Crippen MR) is 83.2 cm³/mol. The normalized spacial score (nSPS) is 21.4. The summed E-state index contributed by atoms with van der Waals surface area (Å²) in [5.74, 6) is 0. The van der Waals surface area contributed by atoms with Crippen molar-refractivity contribution in [2.24, 2.45) is 0 Å². The van der Waals surface area contributed by atoms with Crippen LogP contribution in [-0.4, -0.2) is 0 Å². The van der Waals surface area contributed by atoms with Gasteiger partial charge < -0.3 is 0 Å². The number of rotatable bonds is 0. The summed E-state index contributed by atoms with van der Waals surface area (Å²) in [6.45, 7) is 0. The molecule has 94 valence electrons. The van der Waals surface area contributed by atoms with Gasteiger partial charge in [0.2, 0.25) is 0 Å². The van der Waals surface area contributed by atoms with Crippen LogP contribution in [0.4, 0.5) is 0 Å². The lowest BCUT2D eigenvalue weighted by molar-refractivity contribution is 1.18. The fourth-order valence-electron chi connectivity index (χ4n) is 3.73. The first-order valence-corrected chi connectivity index (χ1v) is 7.24. The van der Waals surface area contributed by atoms with Gasteiger partial charge in [-0.2, -0.15) is 0 Å². The molecule has 0 saturated carbocycles. The lowest BCUT2D eigenvalue weighted by Gasteiger charge is -2.17. The molecule has 0 radical (unpaired) electrons. The molecular formula is C20H14. The Hall–Kier alpha value is -2.34. The SMILES string of the molecule is C1=CC2=CC3=C(CC4=c5ccccc5=CC4=C3)C2=CC1. The van der Waals surface area contributed by atoms with E-state index in [-0.39, 0.29) is 0 Å². The lowest BCUT2D eigenvalue weighted by atomic mass is 9.86. The average molecular weight is 254 g/mol. The molecule has 0 heterocycles. The molecule has 0 heteroatoms. The van der Waals surface area contributed by atoms with E-state index in [0.717, 1.165) is 12.8 Å². The summed E-state index contributed by atoms with van der Waals surface area (Å²) >= 11 is 0. The minimum Gasteiger partial charge on any atom is -0.0801 e. The number of benzene rings is 1. The van der Waals surface area contributed by atoms with Gasteiger partial charge in [0.15, 0.2) is 0 Å². The molecular weight excluding hydrogens is 240 g/mol. The molecule has 1 aromatic rings. The molecule has 0 nitrogen and oxygen atoms in total. The van der Waals surface area contributed by atoms with Gasteiger partial charge in [0.1, 0.15) is 0 Å². The summed E-state index contributed by atoms with van der Waals surface area (Å²) in [5, 5.41) is 2.79. The second-order valence-corrected chi connectivity index (χ2v) is 5.78. The molecule has 4 aliphatic rings. The van der Waals surface area contributed by atoms with E-state index in [1.54, 1.807) is 0 Å². The Morgan fingerprint density at radius 2 is 1.75 bits per heavy atom. The van der Waals surface area contributed by atoms with Gasteiger partial charge in [-0.1, -0.05) is 42.5 Å². The highest BCUT2D eigenvalue weighted by molar-refractivity contribution is 5.89. The first-order valence-electron chi connectivity index (χ1n) is 7.24. The Bertz CT molecular complexity index is 924. The molecule has 5 rings (SSSR count). The molecule has 0 spiro atoms. The van der Waals surface area contributed by atoms with Gasteiger partial charge in [0, 0.05) is 0 Å². The zero-order valence-electron chi connectivity index (χ0n) is 11.2. The molecule has 0 aromatic heterocycles. The van der Waals surface area contributed by atoms with E-state index in [1.165, 1.54) is 43.9 Å². The zero-order chi connectivity index (χ0) is 13.1. The Kier molecular flexibility index (Phi) is 1.88. The van der Waals surface area contributed by atoms with E-state index in [9.17, 15) is 0 Å². The molecule has 20 heavy (non-hydrogen) atoms. The van der Waals surface area contributed by atoms with E-state index >= 15 is 0 Å². The van der Waals surface area contributed by atoms with Crippen molar-refractivity contribution in [1.29, 1.82) is 0 Å². The molecule has 0 fully saturated rings. The summed E-state index contributed by atoms with van der Waals surface area (Å²) in [5.41, 5.74) is 8.71. The van der Waals surface area contributed by atoms with Crippen LogP contribution in [-0.2, 0) is 0 Å². The van der Waals surface area contributed by atoms with Gasteiger partial charge in [-0.3, -0.25) is 0 Å². The van der Waals surface area contributed by atoms with Crippen molar-refractivity contribution in [3.8, 4) is 0 Å². The van der Waals surface area contributed by atoms with Crippen LogP contribution in [0.3, 0.4) is 0 Å². The van der Waals surface area contributed by atoms with Gasteiger partial charge in [0.05, 0.1) is 0 Å². The zero-order valence-corrected chi connectivity index (χ0v) is 11.2. The van der Waals surface area contributed by atoms with Crippen LogP contribution < -0.4 is 10.4 Å². The third-order valence-corrected chi connectivity index (χ3v) is 4.66. The summed E-state index contributed by atoms with van der Waals surface area (Å²) in [6, 6.07) is 8.75. The highest BCUT2D eigenvalue weighted by Crippen LogP contribution is 2.43. The van der Waals surface area contributed by atoms with Crippen LogP contribution in [0.25, 0.3) is 11.6 Å². The topological polar surface area (TPSA) is 0 Å². The van der Waals surface area contributed by atoms with Crippen molar-refractivity contribution in [2.75, 3.05) is 0 Å². The third-order valence-electron chi connectivity index (χ3n) is 4.66. The molecule has 0 saturated heterocycles. The minimum absolute atomic E-state index is 1.07. The first kappa shape index (κ1) is 10.4. The molecule has 0 bridgehead atoms. The number of fused-ring (bicyclic) bond motifs is 4. The van der Waals surface area contributed by atoms with Crippen LogP contribution in [0.5, 0.6) is 0 Å². The van der Waals surface area contributed by atoms with Crippen LogP contribution in [0.1, 0.15) is 12.8 Å². The van der Waals surface area contributed by atoms with Gasteiger partial charge in [-0.25, -0.2) is 0 Å². The van der Waals surface area contributed by atoms with Gasteiger partial charge in [-0.15, -0.1) is 0 Å². The van der Waals surface area contributed by atoms with Crippen LogP contribution in [0.15, 0.2) is 82.5 Å². The number of allylic oxidation sites excluding steroid dienone is 10. The largest absolute Gasteiger partial charge is 0.0801 e. The molecule has 0 atom stereocenters. The summed E-state index contributed by atoms with van der Waals surface area (Å²) < 4.78 is 0. The highest BCUT2D eigenvalue weighted by atomic mass is 14.3. The summed E-state index contributed by atoms with van der Waals surface area (Å²) in [4.78, 5) is 0. The molecule has 0 unspecified atom stereocenters. The maximum absolute atomic E-state index is 2.37. The molecule has 4 aliphatic carbocycles. The standard InChI is InChI=1S/C20H14/c1-3-7-17-13(5-1)9-15-11-16-10-14-6-2-4-8-18(14)20(16)12-19(15)17/h1-3,5-11H,4,12H2. The van der Waals surface area contributed by atoms with E-state index in [1.807, 2.05) is 0 Å². The predicted octanol–water partition coefficient (Wildman–Crippen LogP) is 3.08. The molecule has 0 N–H and O–H groups in total. The first-order chi connectivity index (χ1) is 9.90. The maximum Gasteiger partial charge on any atom is -0.000166 e. The molecule has 0 amide bonds. The fraction of sp³-hybridized carbons (Fsp3) is 0.100. The van der Waals surface area contributed by atoms with Crippen molar-refractivity contribution in [3.63, 3.8) is 0 Å². The van der Waals surface area contributed by atoms with E-state index in [2.05, 4.69) is 60.7 Å². The van der Waals surface area contributed by atoms with Gasteiger partial charge in [-0.05, 0) is 74.9 Å². The van der Waals surface area contributed by atoms with E-state index in [4.69, 9.17) is 0 Å². The van der Waals surface area contributed by atoms with Gasteiger partial charge in [0.25, 0.3) is 0 Å². The minimum atomic E-state index is 1.07. The van der Waals surface area contributed by atoms with Crippen LogP contribution in [0, 0.1) is 0 Å². The maximum atomic E-state index is 2.37. The Labute approximate surface area is 118 Å². The Morgan fingerprint density at radius 3 is 2.75 bits per heavy atom. The molecule has 0 aliphatic heterocycles. The van der Waals surface area contributed by atoms with Crippen LogP contribution in [0.2, 0.25) is 0 Å². The second kappa shape index (κ2) is 3.61. The van der Waals surface area contributed by atoms with Crippen LogP contribution >= 0.6 is 0 Å². The highest BCUT2D eigenvalue weighted by Gasteiger charge is 2.26. The summed E-state index contributed by atoms with van der Waals surface area (Å²) in [6.07, 6.45) is 16.1. The fourth-order valence-corrected chi connectivity index (χ4v) is 3.73. The average Bonchev–Trinajstić information content (AvgIpc) is 3.02. The van der Waals surface area contributed by atoms with Crippen molar-refractivity contribution in [3.05, 3.63) is 92.9 Å². The number of hydrogen-bond acceptors (Lipinski definition) is 0. The monoisotopic (exact) mass is 254 g/mol. The summed E-state index contributed by atoms with van der Waals surface area (Å²) in [7, 11) is 0. The Balaban J connectivity index is 1.75. The van der Waals surface area contributed by atoms with E-state index in [0.29, 0.717) is 0 Å². The van der Waals surface area contributed by atoms with Crippen molar-refractivity contribution >= 4 is 11.6 Å². The van der Waals surface area contributed by atoms with Crippen molar-refractivity contribution in [1.82, 2.24) is 0 Å². The Morgan fingerprint density at radius 1 is 0.850 bits per heavy atom. The third kappa shape index (κ3) is 1.26. The van der Waals surface area contributed by atoms with E-state index < -0.39 is 0 Å². The quantitative estimate of drug-likeness (QED) is 0.667.